The van der Waals surface area contributed by atoms with Crippen molar-refractivity contribution in [1.29, 1.82) is 0 Å². The molecule has 0 aliphatic carbocycles. The average molecular weight is 238 g/mol. The summed E-state index contributed by atoms with van der Waals surface area (Å²) in [6.07, 6.45) is 3.09. The maximum Gasteiger partial charge on any atom is 0.222 e. The number of nitrogens with one attached hydrogen (secondary N) is 1. The maximum absolute atomic E-state index is 12.5. The van der Waals surface area contributed by atoms with E-state index in [1.165, 1.54) is 0 Å². The molecule has 4 nitrogen and oxygen atoms in total. The van der Waals surface area contributed by atoms with Crippen LogP contribution in [-0.4, -0.2) is 21.5 Å². The number of anilines is 1. The molecule has 0 aromatic carbocycles. The van der Waals surface area contributed by atoms with Gasteiger partial charge in [-0.1, -0.05) is 0 Å². The van der Waals surface area contributed by atoms with Gasteiger partial charge in [-0.15, -0.1) is 11.3 Å². The first-order chi connectivity index (χ1) is 7.74. The van der Waals surface area contributed by atoms with Gasteiger partial charge in [0.15, 0.2) is 5.82 Å². The van der Waals surface area contributed by atoms with Gasteiger partial charge < -0.3 is 5.32 Å². The molecule has 6 heteroatoms. The smallest absolute Gasteiger partial charge is 0.222 e. The van der Waals surface area contributed by atoms with Crippen molar-refractivity contribution in [3.05, 3.63) is 34.3 Å². The Morgan fingerprint density at radius 1 is 1.38 bits per heavy atom. The van der Waals surface area contributed by atoms with Crippen LogP contribution in [0.2, 0.25) is 0 Å². The summed E-state index contributed by atoms with van der Waals surface area (Å²) in [5.74, 6) is 0.00836. The molecule has 0 amide bonds. The minimum atomic E-state index is -0.430. The number of thiazole rings is 1. The Morgan fingerprint density at radius 2 is 2.12 bits per heavy atom. The number of rotatable bonds is 4. The molecule has 0 saturated heterocycles. The number of nitrogens with zero attached hydrogens (tertiary/aromatic N) is 3. The van der Waals surface area contributed by atoms with Crippen LogP contribution in [0.4, 0.5) is 10.3 Å². The molecule has 16 heavy (non-hydrogen) atoms. The van der Waals surface area contributed by atoms with Crippen molar-refractivity contribution >= 4 is 17.3 Å². The fraction of sp³-hybridized carbons (Fsp3) is 0.300. The third kappa shape index (κ3) is 2.96. The standard InChI is InChI=1S/C10H11FN4S/c1-7-15-9(6-16-7)2-3-12-10-13-4-8(11)5-14-10/h4-6H,2-3H2,1H3,(H,12,13,14). The number of hydrogen-bond donors (Lipinski definition) is 1. The number of aryl methyl sites for hydroxylation is 1. The molecule has 2 heterocycles. The molecule has 1 N–H and O–H groups in total. The Morgan fingerprint density at radius 3 is 2.75 bits per heavy atom. The van der Waals surface area contributed by atoms with Gasteiger partial charge in [0, 0.05) is 18.3 Å². The fourth-order valence-electron chi connectivity index (χ4n) is 1.23. The molecule has 0 spiro atoms. The van der Waals surface area contributed by atoms with Gasteiger partial charge in [0.05, 0.1) is 23.1 Å². The van der Waals surface area contributed by atoms with Gasteiger partial charge in [0.2, 0.25) is 5.95 Å². The SMILES string of the molecule is Cc1nc(CCNc2ncc(F)cn2)cs1. The Bertz CT molecular complexity index is 454. The highest BCUT2D eigenvalue weighted by Gasteiger charge is 1.99. The van der Waals surface area contributed by atoms with Gasteiger partial charge in [0.1, 0.15) is 0 Å². The zero-order valence-corrected chi connectivity index (χ0v) is 9.59. The van der Waals surface area contributed by atoms with Crippen molar-refractivity contribution in [2.45, 2.75) is 13.3 Å². The molecular weight excluding hydrogens is 227 g/mol. The molecule has 0 atom stereocenters. The van der Waals surface area contributed by atoms with Crippen LogP contribution in [0, 0.1) is 12.7 Å². The summed E-state index contributed by atoms with van der Waals surface area (Å²) in [5.41, 5.74) is 1.05. The van der Waals surface area contributed by atoms with Crippen LogP contribution < -0.4 is 5.32 Å². The summed E-state index contributed by atoms with van der Waals surface area (Å²) < 4.78 is 12.5. The Hall–Kier alpha value is -1.56. The van der Waals surface area contributed by atoms with Crippen LogP contribution in [0.3, 0.4) is 0 Å². The van der Waals surface area contributed by atoms with Crippen LogP contribution in [0.1, 0.15) is 10.7 Å². The normalized spacial score (nSPS) is 10.4. The van der Waals surface area contributed by atoms with Crippen LogP contribution in [-0.2, 0) is 6.42 Å². The Kier molecular flexibility index (Phi) is 3.40. The highest BCUT2D eigenvalue weighted by Crippen LogP contribution is 2.08. The molecule has 2 aromatic rings. The van der Waals surface area contributed by atoms with E-state index in [2.05, 4.69) is 20.3 Å². The summed E-state index contributed by atoms with van der Waals surface area (Å²) >= 11 is 1.63. The minimum Gasteiger partial charge on any atom is -0.354 e. The molecule has 0 aliphatic heterocycles. The molecule has 0 fully saturated rings. The molecule has 0 unspecified atom stereocenters. The van der Waals surface area contributed by atoms with Gasteiger partial charge >= 0.3 is 0 Å². The molecule has 0 saturated carbocycles. The van der Waals surface area contributed by atoms with E-state index in [1.54, 1.807) is 11.3 Å². The third-order valence-corrected chi connectivity index (χ3v) is 2.77. The van der Waals surface area contributed by atoms with E-state index in [-0.39, 0.29) is 0 Å². The lowest BCUT2D eigenvalue weighted by Crippen LogP contribution is -2.08. The molecule has 2 aromatic heterocycles. The average Bonchev–Trinajstić information content (AvgIpc) is 2.67. The second-order valence-corrected chi connectivity index (χ2v) is 4.32. The largest absolute Gasteiger partial charge is 0.354 e. The summed E-state index contributed by atoms with van der Waals surface area (Å²) in [4.78, 5) is 11.9. The Balaban J connectivity index is 1.82. The van der Waals surface area contributed by atoms with Crippen molar-refractivity contribution in [2.24, 2.45) is 0 Å². The molecule has 0 aliphatic rings. The zero-order valence-electron chi connectivity index (χ0n) is 8.77. The highest BCUT2D eigenvalue weighted by molar-refractivity contribution is 7.09. The first-order valence-corrected chi connectivity index (χ1v) is 5.74. The van der Waals surface area contributed by atoms with Crippen molar-refractivity contribution in [3.63, 3.8) is 0 Å². The summed E-state index contributed by atoms with van der Waals surface area (Å²) in [5, 5.41) is 6.10. The fourth-order valence-corrected chi connectivity index (χ4v) is 1.88. The van der Waals surface area contributed by atoms with E-state index in [0.29, 0.717) is 12.5 Å². The van der Waals surface area contributed by atoms with Gasteiger partial charge in [-0.05, 0) is 6.92 Å². The quantitative estimate of drug-likeness (QED) is 0.885. The lowest BCUT2D eigenvalue weighted by Gasteiger charge is -2.01. The second kappa shape index (κ2) is 4.98. The van der Waals surface area contributed by atoms with E-state index in [1.807, 2.05) is 12.3 Å². The van der Waals surface area contributed by atoms with Gasteiger partial charge in [-0.2, -0.15) is 0 Å². The minimum absolute atomic E-state index is 0.430. The van der Waals surface area contributed by atoms with E-state index in [9.17, 15) is 4.39 Å². The molecule has 0 bridgehead atoms. The van der Waals surface area contributed by atoms with Gasteiger partial charge in [-0.25, -0.2) is 19.3 Å². The van der Waals surface area contributed by atoms with Crippen LogP contribution in [0.25, 0.3) is 0 Å². The van der Waals surface area contributed by atoms with Crippen molar-refractivity contribution < 1.29 is 4.39 Å². The Labute approximate surface area is 96.6 Å². The van der Waals surface area contributed by atoms with Crippen LogP contribution in [0.15, 0.2) is 17.8 Å². The summed E-state index contributed by atoms with van der Waals surface area (Å²) in [6, 6.07) is 0. The van der Waals surface area contributed by atoms with Gasteiger partial charge in [-0.3, -0.25) is 0 Å². The highest BCUT2D eigenvalue weighted by atomic mass is 32.1. The van der Waals surface area contributed by atoms with E-state index < -0.39 is 5.82 Å². The molecule has 84 valence electrons. The lowest BCUT2D eigenvalue weighted by atomic mass is 10.3. The predicted octanol–water partition coefficient (Wildman–Crippen LogP) is 2.04. The van der Waals surface area contributed by atoms with Gasteiger partial charge in [0.25, 0.3) is 0 Å². The van der Waals surface area contributed by atoms with E-state index >= 15 is 0 Å². The molecule has 2 rings (SSSR count). The monoisotopic (exact) mass is 238 g/mol. The van der Waals surface area contributed by atoms with Crippen molar-refractivity contribution in [3.8, 4) is 0 Å². The summed E-state index contributed by atoms with van der Waals surface area (Å²) in [7, 11) is 0. The van der Waals surface area contributed by atoms with Crippen molar-refractivity contribution in [2.75, 3.05) is 11.9 Å². The van der Waals surface area contributed by atoms with Crippen molar-refractivity contribution in [1.82, 2.24) is 15.0 Å². The number of halogens is 1. The van der Waals surface area contributed by atoms with E-state index in [0.717, 1.165) is 29.5 Å². The topological polar surface area (TPSA) is 50.7 Å². The summed E-state index contributed by atoms with van der Waals surface area (Å²) in [6.45, 7) is 2.67. The predicted molar refractivity (Wildman–Crippen MR) is 61.0 cm³/mol. The first kappa shape index (κ1) is 10.9. The lowest BCUT2D eigenvalue weighted by molar-refractivity contribution is 0.614. The molecular formula is C10H11FN4S. The first-order valence-electron chi connectivity index (χ1n) is 4.86. The van der Waals surface area contributed by atoms with Crippen LogP contribution in [0.5, 0.6) is 0 Å². The van der Waals surface area contributed by atoms with E-state index in [4.69, 9.17) is 0 Å². The third-order valence-electron chi connectivity index (χ3n) is 1.95. The zero-order chi connectivity index (χ0) is 11.4. The second-order valence-electron chi connectivity index (χ2n) is 3.26. The number of hydrogen-bond acceptors (Lipinski definition) is 5. The number of aromatic nitrogens is 3. The molecule has 0 radical (unpaired) electrons. The maximum atomic E-state index is 12.5. The van der Waals surface area contributed by atoms with Crippen LogP contribution >= 0.6 is 11.3 Å².